The standard InChI is InChI=1S/C30H31BrN4O4/c1-30(2,3)39-29(37)35-16-14-34(15-17-35)19-21-9-7-13-25-26(21)33-28(38-25)23-11-4-5-12-24(23)32-27(36)20-8-6-10-22(31)18-20/h4-13,18H,14-17,19H2,1-3H3,(H,32,36). The molecule has 3 aromatic carbocycles. The Morgan fingerprint density at radius 1 is 1.00 bits per heavy atom. The predicted octanol–water partition coefficient (Wildman–Crippen LogP) is 6.56. The van der Waals surface area contributed by atoms with Gasteiger partial charge in [-0.25, -0.2) is 9.78 Å². The maximum atomic E-state index is 12.9. The third-order valence-corrected chi connectivity index (χ3v) is 6.91. The number of fused-ring (bicyclic) bond motifs is 1. The monoisotopic (exact) mass is 590 g/mol. The first-order valence-corrected chi connectivity index (χ1v) is 13.7. The number of anilines is 1. The predicted molar refractivity (Wildman–Crippen MR) is 155 cm³/mol. The Balaban J connectivity index is 1.32. The van der Waals surface area contributed by atoms with Crippen LogP contribution in [0, 0.1) is 0 Å². The van der Waals surface area contributed by atoms with Gasteiger partial charge in [-0.1, -0.05) is 46.3 Å². The lowest BCUT2D eigenvalue weighted by molar-refractivity contribution is 0.0139. The molecular weight excluding hydrogens is 560 g/mol. The van der Waals surface area contributed by atoms with Gasteiger partial charge in [-0.2, -0.15) is 0 Å². The molecule has 1 fully saturated rings. The number of hydrogen-bond acceptors (Lipinski definition) is 6. The number of rotatable bonds is 5. The summed E-state index contributed by atoms with van der Waals surface area (Å²) < 4.78 is 12.5. The summed E-state index contributed by atoms with van der Waals surface area (Å²) in [5.74, 6) is 0.225. The van der Waals surface area contributed by atoms with E-state index < -0.39 is 5.60 Å². The number of ether oxygens (including phenoxy) is 1. The first-order valence-electron chi connectivity index (χ1n) is 12.9. The van der Waals surface area contributed by atoms with Crippen molar-refractivity contribution < 1.29 is 18.7 Å². The number of oxazole rings is 1. The van der Waals surface area contributed by atoms with Crippen molar-refractivity contribution in [3.63, 3.8) is 0 Å². The van der Waals surface area contributed by atoms with Crippen LogP contribution < -0.4 is 5.32 Å². The lowest BCUT2D eigenvalue weighted by atomic mass is 10.1. The van der Waals surface area contributed by atoms with Gasteiger partial charge in [-0.05, 0) is 62.7 Å². The molecule has 0 radical (unpaired) electrons. The van der Waals surface area contributed by atoms with Crippen LogP contribution in [-0.2, 0) is 11.3 Å². The summed E-state index contributed by atoms with van der Waals surface area (Å²) in [6.45, 7) is 9.02. The molecule has 1 saturated heterocycles. The average molecular weight is 592 g/mol. The van der Waals surface area contributed by atoms with Crippen LogP contribution in [0.1, 0.15) is 36.7 Å². The van der Waals surface area contributed by atoms with Gasteiger partial charge < -0.3 is 19.4 Å². The van der Waals surface area contributed by atoms with Gasteiger partial charge in [-0.15, -0.1) is 0 Å². The van der Waals surface area contributed by atoms with Gasteiger partial charge in [0, 0.05) is 42.8 Å². The second-order valence-corrected chi connectivity index (χ2v) is 11.5. The largest absolute Gasteiger partial charge is 0.444 e. The third kappa shape index (κ3) is 6.49. The van der Waals surface area contributed by atoms with Gasteiger partial charge in [0.1, 0.15) is 11.1 Å². The molecule has 202 valence electrons. The molecule has 0 unspecified atom stereocenters. The van der Waals surface area contributed by atoms with Gasteiger partial charge in [0.15, 0.2) is 5.58 Å². The summed E-state index contributed by atoms with van der Waals surface area (Å²) in [6.07, 6.45) is -0.268. The van der Waals surface area contributed by atoms with Crippen LogP contribution >= 0.6 is 15.9 Å². The first kappa shape index (κ1) is 26.9. The Morgan fingerprint density at radius 3 is 2.49 bits per heavy atom. The molecule has 1 aromatic heterocycles. The normalized spacial score (nSPS) is 14.4. The van der Waals surface area contributed by atoms with Crippen LogP contribution in [0.25, 0.3) is 22.6 Å². The van der Waals surface area contributed by atoms with Gasteiger partial charge in [-0.3, -0.25) is 9.69 Å². The molecule has 1 aliphatic heterocycles. The smallest absolute Gasteiger partial charge is 0.410 e. The van der Waals surface area contributed by atoms with Gasteiger partial charge in [0.25, 0.3) is 5.91 Å². The molecule has 8 nitrogen and oxygen atoms in total. The van der Waals surface area contributed by atoms with E-state index in [1.54, 1.807) is 17.0 Å². The quantitative estimate of drug-likeness (QED) is 0.283. The Kier molecular flexibility index (Phi) is 7.72. The van der Waals surface area contributed by atoms with E-state index in [4.69, 9.17) is 14.1 Å². The van der Waals surface area contributed by atoms with Crippen molar-refractivity contribution in [1.82, 2.24) is 14.8 Å². The Hall–Kier alpha value is -3.69. The van der Waals surface area contributed by atoms with Crippen LogP contribution in [0.5, 0.6) is 0 Å². The van der Waals surface area contributed by atoms with Gasteiger partial charge >= 0.3 is 6.09 Å². The summed E-state index contributed by atoms with van der Waals surface area (Å²) in [5.41, 5.74) is 3.88. The first-order chi connectivity index (χ1) is 18.7. The van der Waals surface area contributed by atoms with Crippen molar-refractivity contribution in [1.29, 1.82) is 0 Å². The zero-order valence-electron chi connectivity index (χ0n) is 22.2. The van der Waals surface area contributed by atoms with Crippen LogP contribution in [0.15, 0.2) is 75.6 Å². The van der Waals surface area contributed by atoms with E-state index >= 15 is 0 Å². The van der Waals surface area contributed by atoms with E-state index in [1.165, 1.54) is 0 Å². The number of aromatic nitrogens is 1. The highest BCUT2D eigenvalue weighted by atomic mass is 79.9. The lowest BCUT2D eigenvalue weighted by Gasteiger charge is -2.35. The van der Waals surface area contributed by atoms with E-state index in [0.29, 0.717) is 47.9 Å². The number of benzene rings is 3. The molecule has 9 heteroatoms. The minimum absolute atomic E-state index is 0.217. The van der Waals surface area contributed by atoms with Crippen molar-refractivity contribution >= 4 is 44.7 Å². The van der Waals surface area contributed by atoms with Crippen molar-refractivity contribution in [2.75, 3.05) is 31.5 Å². The molecule has 0 atom stereocenters. The fourth-order valence-electron chi connectivity index (χ4n) is 4.51. The summed E-state index contributed by atoms with van der Waals surface area (Å²) >= 11 is 3.42. The number of para-hydroxylation sites is 2. The SMILES string of the molecule is CC(C)(C)OC(=O)N1CCN(Cc2cccc3oc(-c4ccccc4NC(=O)c4cccc(Br)c4)nc23)CC1. The number of nitrogens with zero attached hydrogens (tertiary/aromatic N) is 3. The highest BCUT2D eigenvalue weighted by Gasteiger charge is 2.26. The topological polar surface area (TPSA) is 87.9 Å². The second-order valence-electron chi connectivity index (χ2n) is 10.5. The van der Waals surface area contributed by atoms with E-state index in [1.807, 2.05) is 69.3 Å². The molecule has 1 aliphatic rings. The Bertz CT molecular complexity index is 1500. The molecule has 0 aliphatic carbocycles. The maximum absolute atomic E-state index is 12.9. The number of amides is 2. The van der Waals surface area contributed by atoms with E-state index in [2.05, 4.69) is 32.2 Å². The fraction of sp³-hybridized carbons (Fsp3) is 0.300. The lowest BCUT2D eigenvalue weighted by Crippen LogP contribution is -2.49. The van der Waals surface area contributed by atoms with Crippen LogP contribution in [0.2, 0.25) is 0 Å². The molecule has 0 bridgehead atoms. The highest BCUT2D eigenvalue weighted by molar-refractivity contribution is 9.10. The molecular formula is C30H31BrN4O4. The third-order valence-electron chi connectivity index (χ3n) is 6.41. The summed E-state index contributed by atoms with van der Waals surface area (Å²) in [4.78, 5) is 34.2. The van der Waals surface area contributed by atoms with E-state index in [-0.39, 0.29) is 12.0 Å². The summed E-state index contributed by atoms with van der Waals surface area (Å²) in [6, 6.07) is 20.6. The van der Waals surface area contributed by atoms with E-state index in [9.17, 15) is 9.59 Å². The molecule has 5 rings (SSSR count). The van der Waals surface area contributed by atoms with E-state index in [0.717, 1.165) is 28.6 Å². The maximum Gasteiger partial charge on any atom is 0.410 e. The van der Waals surface area contributed by atoms with Crippen LogP contribution in [-0.4, -0.2) is 58.6 Å². The van der Waals surface area contributed by atoms with Gasteiger partial charge in [0.2, 0.25) is 5.89 Å². The molecule has 39 heavy (non-hydrogen) atoms. The van der Waals surface area contributed by atoms with Crippen LogP contribution in [0.3, 0.4) is 0 Å². The number of carbonyl (C=O) groups excluding carboxylic acids is 2. The van der Waals surface area contributed by atoms with Crippen molar-refractivity contribution in [3.05, 3.63) is 82.3 Å². The molecule has 4 aromatic rings. The molecule has 2 heterocycles. The second kappa shape index (κ2) is 11.2. The minimum Gasteiger partial charge on any atom is -0.444 e. The Labute approximate surface area is 236 Å². The average Bonchev–Trinajstić information content (AvgIpc) is 3.34. The number of piperazine rings is 1. The zero-order chi connectivity index (χ0) is 27.6. The molecule has 2 amide bonds. The highest BCUT2D eigenvalue weighted by Crippen LogP contribution is 2.32. The number of nitrogens with one attached hydrogen (secondary N) is 1. The number of hydrogen-bond donors (Lipinski definition) is 1. The van der Waals surface area contributed by atoms with Crippen LogP contribution in [0.4, 0.5) is 10.5 Å². The number of carbonyl (C=O) groups is 2. The molecule has 1 N–H and O–H groups in total. The zero-order valence-corrected chi connectivity index (χ0v) is 23.8. The molecule has 0 spiro atoms. The van der Waals surface area contributed by atoms with Gasteiger partial charge in [0.05, 0.1) is 11.3 Å². The number of halogens is 1. The van der Waals surface area contributed by atoms with Crippen molar-refractivity contribution in [2.24, 2.45) is 0 Å². The van der Waals surface area contributed by atoms with Crippen molar-refractivity contribution in [2.45, 2.75) is 32.9 Å². The van der Waals surface area contributed by atoms with Crippen molar-refractivity contribution in [3.8, 4) is 11.5 Å². The minimum atomic E-state index is -0.505. The summed E-state index contributed by atoms with van der Waals surface area (Å²) in [7, 11) is 0. The fourth-order valence-corrected chi connectivity index (χ4v) is 4.91. The molecule has 0 saturated carbocycles. The summed E-state index contributed by atoms with van der Waals surface area (Å²) in [5, 5.41) is 2.99. The Morgan fingerprint density at radius 2 is 1.74 bits per heavy atom.